The smallest absolute Gasteiger partial charge is 0.327 e. The van der Waals surface area contributed by atoms with Crippen molar-refractivity contribution in [3.63, 3.8) is 0 Å². The molecule has 1 rings (SSSR count). The fourth-order valence-electron chi connectivity index (χ4n) is 2.74. The lowest BCUT2D eigenvalue weighted by Crippen LogP contribution is -2.59. The van der Waals surface area contributed by atoms with E-state index in [-0.39, 0.29) is 12.4 Å². The Morgan fingerprint density at radius 1 is 1.12 bits per heavy atom. The molecule has 2 unspecified atom stereocenters. The van der Waals surface area contributed by atoms with E-state index in [0.29, 0.717) is 12.2 Å². The number of ether oxygens (including phenoxy) is 3. The van der Waals surface area contributed by atoms with E-state index in [1.54, 1.807) is 20.8 Å². The Bertz CT molecular complexity index is 654. The molecule has 13 heteroatoms. The van der Waals surface area contributed by atoms with Gasteiger partial charge in [0.15, 0.2) is 6.29 Å². The van der Waals surface area contributed by atoms with Gasteiger partial charge in [0.25, 0.3) is 0 Å². The molecule has 192 valence electrons. The van der Waals surface area contributed by atoms with Crippen LogP contribution in [0, 0.1) is 5.92 Å². The number of hydrogen-bond acceptors (Lipinski definition) is 11. The van der Waals surface area contributed by atoms with E-state index in [9.17, 15) is 34.8 Å². The molecule has 1 aliphatic rings. The van der Waals surface area contributed by atoms with E-state index in [4.69, 9.17) is 19.3 Å². The normalized spacial score (nSPS) is 27.5. The molecule has 6 N–H and O–H groups in total. The molecule has 0 aromatic heterocycles. The predicted octanol–water partition coefficient (Wildman–Crippen LogP) is -1.53. The van der Waals surface area contributed by atoms with Gasteiger partial charge < -0.3 is 45.1 Å². The zero-order valence-electron chi connectivity index (χ0n) is 19.2. The van der Waals surface area contributed by atoms with Gasteiger partial charge in [0.1, 0.15) is 42.0 Å². The van der Waals surface area contributed by atoms with Crippen LogP contribution in [0.4, 0.5) is 0 Å². The number of thioether (sulfide) groups is 1. The molecule has 12 nitrogen and oxygen atoms in total. The first-order chi connectivity index (χ1) is 15.3. The summed E-state index contributed by atoms with van der Waals surface area (Å²) >= 11 is 1.23. The van der Waals surface area contributed by atoms with Crippen LogP contribution in [0.3, 0.4) is 0 Å². The number of aliphatic hydroxyl groups excluding tert-OH is 4. The van der Waals surface area contributed by atoms with Gasteiger partial charge in [0.05, 0.1) is 13.2 Å². The van der Waals surface area contributed by atoms with Gasteiger partial charge >= 0.3 is 11.9 Å². The summed E-state index contributed by atoms with van der Waals surface area (Å²) in [7, 11) is 0. The lowest BCUT2D eigenvalue weighted by atomic mass is 9.99. The van der Waals surface area contributed by atoms with Gasteiger partial charge in [0.2, 0.25) is 5.91 Å². The molecule has 0 aromatic rings. The number of carbonyl (C=O) groups is 3. The summed E-state index contributed by atoms with van der Waals surface area (Å²) in [4.78, 5) is 35.7. The van der Waals surface area contributed by atoms with Crippen LogP contribution in [0.1, 0.15) is 34.1 Å². The standard InChI is InChI=1S/C20H35NO11S/c1-10(18(29)32-20(2,3)4)16(26)21-11(17(27)28)9-33-7-5-6-30-19-15(25)14(24)13(23)12(8-22)31-19/h10-15,19,22-25H,5-9H2,1-4H3,(H,21,26)(H,27,28)/t10?,11?,12-,13+,14+,15-,19-/m1/s1. The zero-order valence-corrected chi connectivity index (χ0v) is 20.0. The largest absolute Gasteiger partial charge is 0.480 e. The number of rotatable bonds is 12. The number of aliphatic carboxylic acids is 1. The second-order valence-corrected chi connectivity index (χ2v) is 9.80. The quantitative estimate of drug-likeness (QED) is 0.104. The maximum absolute atomic E-state index is 12.2. The minimum absolute atomic E-state index is 0.0438. The molecule has 0 saturated carbocycles. The maximum Gasteiger partial charge on any atom is 0.327 e. The summed E-state index contributed by atoms with van der Waals surface area (Å²) in [5.74, 6) is -3.42. The molecular formula is C20H35NO11S. The van der Waals surface area contributed by atoms with Gasteiger partial charge in [-0.05, 0) is 39.9 Å². The number of carbonyl (C=O) groups excluding carboxylic acids is 2. The van der Waals surface area contributed by atoms with Crippen LogP contribution in [-0.2, 0) is 28.6 Å². The van der Waals surface area contributed by atoms with E-state index in [1.165, 1.54) is 18.7 Å². The number of esters is 1. The average Bonchev–Trinajstić information content (AvgIpc) is 2.72. The molecule has 33 heavy (non-hydrogen) atoms. The Kier molecular flexibility index (Phi) is 12.0. The summed E-state index contributed by atoms with van der Waals surface area (Å²) in [6.07, 6.45) is -6.36. The van der Waals surface area contributed by atoms with Crippen molar-refractivity contribution in [1.82, 2.24) is 5.32 Å². The molecule has 1 amide bonds. The Morgan fingerprint density at radius 3 is 2.30 bits per heavy atom. The summed E-state index contributed by atoms with van der Waals surface area (Å²) in [5.41, 5.74) is -0.772. The van der Waals surface area contributed by atoms with Gasteiger partial charge in [-0.2, -0.15) is 11.8 Å². The number of amides is 1. The molecule has 0 radical (unpaired) electrons. The maximum atomic E-state index is 12.2. The van der Waals surface area contributed by atoms with E-state index in [1.807, 2.05) is 0 Å². The Morgan fingerprint density at radius 2 is 1.76 bits per heavy atom. The molecule has 1 heterocycles. The van der Waals surface area contributed by atoms with Crippen LogP contribution in [0.2, 0.25) is 0 Å². The molecule has 0 aliphatic carbocycles. The van der Waals surface area contributed by atoms with Crippen molar-refractivity contribution in [1.29, 1.82) is 0 Å². The summed E-state index contributed by atoms with van der Waals surface area (Å²) in [6.45, 7) is 5.85. The summed E-state index contributed by atoms with van der Waals surface area (Å²) in [5, 5.41) is 50.2. The second-order valence-electron chi connectivity index (χ2n) is 8.65. The minimum atomic E-state index is -1.53. The van der Waals surface area contributed by atoms with Crippen LogP contribution >= 0.6 is 11.8 Å². The van der Waals surface area contributed by atoms with Crippen molar-refractivity contribution in [3.05, 3.63) is 0 Å². The van der Waals surface area contributed by atoms with Gasteiger partial charge in [-0.25, -0.2) is 4.79 Å². The molecule has 0 bridgehead atoms. The van der Waals surface area contributed by atoms with Crippen LogP contribution < -0.4 is 5.32 Å². The van der Waals surface area contributed by atoms with Crippen molar-refractivity contribution >= 4 is 29.6 Å². The highest BCUT2D eigenvalue weighted by Gasteiger charge is 2.43. The first-order valence-corrected chi connectivity index (χ1v) is 11.7. The van der Waals surface area contributed by atoms with Crippen molar-refractivity contribution in [2.45, 2.75) is 76.5 Å². The number of carboxylic acids is 1. The van der Waals surface area contributed by atoms with E-state index in [0.717, 1.165) is 0 Å². The zero-order chi connectivity index (χ0) is 25.3. The Hall–Kier alpha value is -1.48. The highest BCUT2D eigenvalue weighted by atomic mass is 32.2. The lowest BCUT2D eigenvalue weighted by molar-refractivity contribution is -0.300. The number of carboxylic acid groups (broad SMARTS) is 1. The molecule has 0 aromatic carbocycles. The van der Waals surface area contributed by atoms with E-state index in [2.05, 4.69) is 5.32 Å². The minimum Gasteiger partial charge on any atom is -0.480 e. The van der Waals surface area contributed by atoms with Gasteiger partial charge in [-0.15, -0.1) is 0 Å². The highest BCUT2D eigenvalue weighted by Crippen LogP contribution is 2.22. The SMILES string of the molecule is CC(C(=O)NC(CSCCCO[C@@H]1O[C@H](CO)[C@H](O)[C@H](O)[C@H]1O)C(=O)O)C(=O)OC(C)(C)C. The van der Waals surface area contributed by atoms with Gasteiger partial charge in [-0.3, -0.25) is 9.59 Å². The third-order valence-corrected chi connectivity index (χ3v) is 5.76. The third kappa shape index (κ3) is 9.73. The molecule has 1 fully saturated rings. The first-order valence-electron chi connectivity index (χ1n) is 10.5. The van der Waals surface area contributed by atoms with Crippen LogP contribution in [0.5, 0.6) is 0 Å². The summed E-state index contributed by atoms with van der Waals surface area (Å²) in [6, 6.07) is -1.21. The van der Waals surface area contributed by atoms with Crippen LogP contribution in [0.25, 0.3) is 0 Å². The van der Waals surface area contributed by atoms with E-state index >= 15 is 0 Å². The topological polar surface area (TPSA) is 192 Å². The second kappa shape index (κ2) is 13.4. The first kappa shape index (κ1) is 29.6. The number of nitrogens with one attached hydrogen (secondary N) is 1. The third-order valence-electron chi connectivity index (χ3n) is 4.62. The van der Waals surface area contributed by atoms with Crippen LogP contribution in [-0.4, -0.2) is 110 Å². The van der Waals surface area contributed by atoms with Crippen molar-refractivity contribution in [3.8, 4) is 0 Å². The Balaban J connectivity index is 2.39. The molecule has 1 saturated heterocycles. The summed E-state index contributed by atoms with van der Waals surface area (Å²) < 4.78 is 15.7. The number of aliphatic hydroxyl groups is 4. The van der Waals surface area contributed by atoms with Gasteiger partial charge in [0, 0.05) is 5.75 Å². The molecule has 1 aliphatic heterocycles. The van der Waals surface area contributed by atoms with E-state index < -0.39 is 72.7 Å². The predicted molar refractivity (Wildman–Crippen MR) is 116 cm³/mol. The van der Waals surface area contributed by atoms with Gasteiger partial charge in [-0.1, -0.05) is 0 Å². The molecule has 0 spiro atoms. The fraction of sp³-hybridized carbons (Fsp3) is 0.850. The number of hydrogen-bond donors (Lipinski definition) is 6. The van der Waals surface area contributed by atoms with Crippen molar-refractivity contribution < 1.29 is 54.1 Å². The average molecular weight is 498 g/mol. The highest BCUT2D eigenvalue weighted by molar-refractivity contribution is 7.99. The van der Waals surface area contributed by atoms with Crippen molar-refractivity contribution in [2.24, 2.45) is 5.92 Å². The fourth-order valence-corrected chi connectivity index (χ4v) is 3.69. The molecule has 7 atom stereocenters. The lowest BCUT2D eigenvalue weighted by Gasteiger charge is -2.39. The Labute approximate surface area is 196 Å². The van der Waals surface area contributed by atoms with Crippen molar-refractivity contribution in [2.75, 3.05) is 24.7 Å². The molecular weight excluding hydrogens is 462 g/mol. The monoisotopic (exact) mass is 497 g/mol. The van der Waals surface area contributed by atoms with Crippen LogP contribution in [0.15, 0.2) is 0 Å².